The first-order valence-corrected chi connectivity index (χ1v) is 5.59. The third kappa shape index (κ3) is 2.44. The predicted octanol–water partition coefficient (Wildman–Crippen LogP) is 2.64. The lowest BCUT2D eigenvalue weighted by atomic mass is 9.97. The Kier molecular flexibility index (Phi) is 3.38. The Bertz CT molecular complexity index is 501. The maximum absolute atomic E-state index is 11.4. The molecule has 0 radical (unpaired) electrons. The van der Waals surface area contributed by atoms with Gasteiger partial charge in [-0.2, -0.15) is 0 Å². The van der Waals surface area contributed by atoms with Crippen LogP contribution in [0.15, 0.2) is 29.3 Å². The lowest BCUT2D eigenvalue weighted by Crippen LogP contribution is -2.03. The average molecular weight is 229 g/mol. The second-order valence-corrected chi connectivity index (χ2v) is 4.01. The van der Waals surface area contributed by atoms with E-state index in [4.69, 9.17) is 4.74 Å². The molecule has 0 saturated heterocycles. The van der Waals surface area contributed by atoms with Gasteiger partial charge in [-0.1, -0.05) is 12.1 Å². The Labute approximate surface area is 101 Å². The van der Waals surface area contributed by atoms with Crippen molar-refractivity contribution in [3.8, 4) is 0 Å². The molecule has 2 rings (SSSR count). The maximum Gasteiger partial charge on any atom is 0.337 e. The molecule has 0 spiro atoms. The molecule has 1 aliphatic rings. The molecule has 1 aliphatic heterocycles. The molecule has 0 N–H and O–H groups in total. The number of ether oxygens (including phenoxy) is 1. The lowest BCUT2D eigenvalue weighted by molar-refractivity contribution is 0.0600. The number of aliphatic imine (C=N–C) groups is 1. The van der Waals surface area contributed by atoms with Crippen LogP contribution in [0.2, 0.25) is 0 Å². The van der Waals surface area contributed by atoms with Crippen molar-refractivity contribution in [3.63, 3.8) is 0 Å². The summed E-state index contributed by atoms with van der Waals surface area (Å²) in [6.45, 7) is 2.72. The van der Waals surface area contributed by atoms with Gasteiger partial charge in [-0.15, -0.1) is 0 Å². The zero-order valence-corrected chi connectivity index (χ0v) is 10.1. The molecule has 0 unspecified atom stereocenters. The number of allylic oxidation sites excluding steroid dienone is 1. The number of dihydropyridines is 1. The summed E-state index contributed by atoms with van der Waals surface area (Å²) >= 11 is 0. The minimum Gasteiger partial charge on any atom is -0.465 e. The van der Waals surface area contributed by atoms with E-state index >= 15 is 0 Å². The fourth-order valence-corrected chi connectivity index (χ4v) is 1.96. The summed E-state index contributed by atoms with van der Waals surface area (Å²) < 4.78 is 4.70. The fraction of sp³-hybridized carbons (Fsp3) is 0.286. The van der Waals surface area contributed by atoms with Gasteiger partial charge in [0.1, 0.15) is 0 Å². The van der Waals surface area contributed by atoms with E-state index in [2.05, 4.69) is 11.1 Å². The van der Waals surface area contributed by atoms with Crippen molar-refractivity contribution in [2.75, 3.05) is 13.7 Å². The summed E-state index contributed by atoms with van der Waals surface area (Å²) in [5.41, 5.74) is 4.06. The molecule has 17 heavy (non-hydrogen) atoms. The largest absolute Gasteiger partial charge is 0.465 e. The SMILES string of the molecule is COC(=O)c1ccc(C2=CCC=NC2)c(C)c1. The number of methoxy groups -OCH3 is 1. The third-order valence-corrected chi connectivity index (χ3v) is 2.85. The van der Waals surface area contributed by atoms with Gasteiger partial charge < -0.3 is 4.74 Å². The van der Waals surface area contributed by atoms with Crippen molar-refractivity contribution in [1.82, 2.24) is 0 Å². The molecule has 0 amide bonds. The third-order valence-electron chi connectivity index (χ3n) is 2.85. The topological polar surface area (TPSA) is 38.7 Å². The molecule has 0 atom stereocenters. The van der Waals surface area contributed by atoms with Gasteiger partial charge in [-0.25, -0.2) is 4.79 Å². The smallest absolute Gasteiger partial charge is 0.337 e. The van der Waals surface area contributed by atoms with Crippen LogP contribution in [-0.4, -0.2) is 25.8 Å². The molecular formula is C14H15NO2. The second-order valence-electron chi connectivity index (χ2n) is 4.01. The van der Waals surface area contributed by atoms with E-state index < -0.39 is 0 Å². The van der Waals surface area contributed by atoms with Gasteiger partial charge >= 0.3 is 5.97 Å². The highest BCUT2D eigenvalue weighted by Crippen LogP contribution is 2.22. The van der Waals surface area contributed by atoms with E-state index in [1.807, 2.05) is 25.3 Å². The first kappa shape index (κ1) is 11.6. The Morgan fingerprint density at radius 1 is 1.41 bits per heavy atom. The molecule has 1 heterocycles. The fourth-order valence-electron chi connectivity index (χ4n) is 1.96. The zero-order valence-electron chi connectivity index (χ0n) is 10.1. The van der Waals surface area contributed by atoms with Crippen LogP contribution in [0.25, 0.3) is 5.57 Å². The summed E-state index contributed by atoms with van der Waals surface area (Å²) in [6.07, 6.45) is 4.97. The summed E-state index contributed by atoms with van der Waals surface area (Å²) in [5.74, 6) is -0.296. The van der Waals surface area contributed by atoms with E-state index in [-0.39, 0.29) is 5.97 Å². The molecule has 0 fully saturated rings. The number of carbonyl (C=O) groups excluding carboxylic acids is 1. The molecule has 0 bridgehead atoms. The van der Waals surface area contributed by atoms with Crippen LogP contribution in [0.4, 0.5) is 0 Å². The van der Waals surface area contributed by atoms with E-state index in [1.54, 1.807) is 6.07 Å². The van der Waals surface area contributed by atoms with Gasteiger partial charge in [0, 0.05) is 12.6 Å². The second kappa shape index (κ2) is 4.95. The van der Waals surface area contributed by atoms with Crippen molar-refractivity contribution in [2.24, 2.45) is 4.99 Å². The zero-order chi connectivity index (χ0) is 12.3. The number of esters is 1. The molecule has 3 heteroatoms. The van der Waals surface area contributed by atoms with Gasteiger partial charge in [-0.05, 0) is 35.8 Å². The average Bonchev–Trinajstić information content (AvgIpc) is 2.38. The first-order chi connectivity index (χ1) is 8.22. The van der Waals surface area contributed by atoms with Crippen molar-refractivity contribution in [2.45, 2.75) is 13.3 Å². The standard InChI is InChI=1S/C14H15NO2/c1-10-8-11(14(16)17-2)5-6-13(10)12-4-3-7-15-9-12/h4-8H,3,9H2,1-2H3. The van der Waals surface area contributed by atoms with Gasteiger partial charge in [0.2, 0.25) is 0 Å². The molecule has 1 aromatic carbocycles. The molecule has 88 valence electrons. The van der Waals surface area contributed by atoms with E-state index in [0.29, 0.717) is 5.56 Å². The Hall–Kier alpha value is -1.90. The number of hydrogen-bond donors (Lipinski definition) is 0. The van der Waals surface area contributed by atoms with Crippen LogP contribution in [0.1, 0.15) is 27.9 Å². The predicted molar refractivity (Wildman–Crippen MR) is 68.5 cm³/mol. The Balaban J connectivity index is 2.31. The monoisotopic (exact) mass is 229 g/mol. The molecule has 0 aromatic heterocycles. The summed E-state index contributed by atoms with van der Waals surface area (Å²) in [6, 6.07) is 5.63. The number of rotatable bonds is 2. The number of carbonyl (C=O) groups is 1. The van der Waals surface area contributed by atoms with Crippen molar-refractivity contribution >= 4 is 17.8 Å². The highest BCUT2D eigenvalue weighted by molar-refractivity contribution is 5.90. The molecule has 0 aliphatic carbocycles. The molecule has 1 aromatic rings. The van der Waals surface area contributed by atoms with Gasteiger partial charge in [0.25, 0.3) is 0 Å². The van der Waals surface area contributed by atoms with Crippen molar-refractivity contribution in [3.05, 3.63) is 41.0 Å². The van der Waals surface area contributed by atoms with Crippen LogP contribution in [0, 0.1) is 6.92 Å². The Morgan fingerprint density at radius 2 is 2.24 bits per heavy atom. The normalized spacial score (nSPS) is 14.4. The quantitative estimate of drug-likeness (QED) is 0.731. The van der Waals surface area contributed by atoms with Crippen LogP contribution in [0.5, 0.6) is 0 Å². The van der Waals surface area contributed by atoms with Crippen LogP contribution < -0.4 is 0 Å². The summed E-state index contributed by atoms with van der Waals surface area (Å²) in [4.78, 5) is 15.7. The van der Waals surface area contributed by atoms with Crippen molar-refractivity contribution in [1.29, 1.82) is 0 Å². The number of aryl methyl sites for hydroxylation is 1. The van der Waals surface area contributed by atoms with Gasteiger partial charge in [-0.3, -0.25) is 4.99 Å². The van der Waals surface area contributed by atoms with E-state index in [0.717, 1.165) is 24.1 Å². The van der Waals surface area contributed by atoms with Crippen LogP contribution in [0.3, 0.4) is 0 Å². The number of nitrogens with zero attached hydrogens (tertiary/aromatic N) is 1. The van der Waals surface area contributed by atoms with Crippen LogP contribution in [-0.2, 0) is 4.74 Å². The van der Waals surface area contributed by atoms with E-state index in [1.165, 1.54) is 12.7 Å². The highest BCUT2D eigenvalue weighted by atomic mass is 16.5. The molecule has 3 nitrogen and oxygen atoms in total. The number of hydrogen-bond acceptors (Lipinski definition) is 3. The Morgan fingerprint density at radius 3 is 2.82 bits per heavy atom. The molecular weight excluding hydrogens is 214 g/mol. The van der Waals surface area contributed by atoms with Gasteiger partial charge in [0.15, 0.2) is 0 Å². The minimum absolute atomic E-state index is 0.296. The van der Waals surface area contributed by atoms with Gasteiger partial charge in [0.05, 0.1) is 19.2 Å². The molecule has 0 saturated carbocycles. The first-order valence-electron chi connectivity index (χ1n) is 5.59. The maximum atomic E-state index is 11.4. The highest BCUT2D eigenvalue weighted by Gasteiger charge is 2.10. The van der Waals surface area contributed by atoms with Crippen molar-refractivity contribution < 1.29 is 9.53 Å². The summed E-state index contributed by atoms with van der Waals surface area (Å²) in [7, 11) is 1.39. The lowest BCUT2D eigenvalue weighted by Gasteiger charge is -2.12. The van der Waals surface area contributed by atoms with E-state index in [9.17, 15) is 4.79 Å². The summed E-state index contributed by atoms with van der Waals surface area (Å²) in [5, 5.41) is 0. The number of benzene rings is 1. The minimum atomic E-state index is -0.296. The van der Waals surface area contributed by atoms with Crippen LogP contribution >= 0.6 is 0 Å².